The van der Waals surface area contributed by atoms with E-state index in [0.717, 1.165) is 0 Å². The minimum Gasteiger partial charge on any atom is -0.382 e. The SMILES string of the molecule is CC(C)(C)NC(=O)c1cncc(N)n1. The Morgan fingerprint density at radius 1 is 1.43 bits per heavy atom. The van der Waals surface area contributed by atoms with Crippen molar-refractivity contribution in [3.63, 3.8) is 0 Å². The summed E-state index contributed by atoms with van der Waals surface area (Å²) in [5, 5.41) is 2.77. The van der Waals surface area contributed by atoms with E-state index in [1.54, 1.807) is 0 Å². The van der Waals surface area contributed by atoms with E-state index in [1.165, 1.54) is 12.4 Å². The summed E-state index contributed by atoms with van der Waals surface area (Å²) >= 11 is 0. The van der Waals surface area contributed by atoms with Crippen LogP contribution in [0.4, 0.5) is 5.82 Å². The van der Waals surface area contributed by atoms with Crippen molar-refractivity contribution in [2.45, 2.75) is 26.3 Å². The molecule has 1 heterocycles. The zero-order chi connectivity index (χ0) is 10.8. The van der Waals surface area contributed by atoms with Gasteiger partial charge in [0.15, 0.2) is 0 Å². The van der Waals surface area contributed by atoms with E-state index < -0.39 is 0 Å². The fraction of sp³-hybridized carbons (Fsp3) is 0.444. The van der Waals surface area contributed by atoms with Crippen LogP contribution >= 0.6 is 0 Å². The molecule has 0 aliphatic heterocycles. The highest BCUT2D eigenvalue weighted by atomic mass is 16.2. The first-order chi connectivity index (χ1) is 6.38. The van der Waals surface area contributed by atoms with E-state index in [0.29, 0.717) is 0 Å². The van der Waals surface area contributed by atoms with Crippen molar-refractivity contribution in [3.05, 3.63) is 18.1 Å². The first kappa shape index (κ1) is 10.4. The number of nitrogens with two attached hydrogens (primary N) is 1. The van der Waals surface area contributed by atoms with Gasteiger partial charge in [0, 0.05) is 5.54 Å². The number of nitrogens with zero attached hydrogens (tertiary/aromatic N) is 2. The lowest BCUT2D eigenvalue weighted by molar-refractivity contribution is 0.0914. The molecule has 1 aromatic rings. The largest absolute Gasteiger partial charge is 0.382 e. The summed E-state index contributed by atoms with van der Waals surface area (Å²) in [7, 11) is 0. The summed E-state index contributed by atoms with van der Waals surface area (Å²) in [6.45, 7) is 5.68. The van der Waals surface area contributed by atoms with Crippen LogP contribution in [0.15, 0.2) is 12.4 Å². The standard InChI is InChI=1S/C9H14N4O/c1-9(2,3)13-8(14)6-4-11-5-7(10)12-6/h4-5H,1-3H3,(H2,10,12)(H,13,14). The van der Waals surface area contributed by atoms with Gasteiger partial charge in [-0.1, -0.05) is 0 Å². The maximum Gasteiger partial charge on any atom is 0.271 e. The molecule has 76 valence electrons. The van der Waals surface area contributed by atoms with Gasteiger partial charge in [-0.25, -0.2) is 4.98 Å². The minimum atomic E-state index is -0.288. The quantitative estimate of drug-likeness (QED) is 0.685. The van der Waals surface area contributed by atoms with Crippen LogP contribution < -0.4 is 11.1 Å². The molecule has 0 aliphatic rings. The number of hydrogen-bond donors (Lipinski definition) is 2. The van der Waals surface area contributed by atoms with Crippen LogP contribution in [0.5, 0.6) is 0 Å². The van der Waals surface area contributed by atoms with Crippen LogP contribution in [0.1, 0.15) is 31.3 Å². The average Bonchev–Trinajstić information content (AvgIpc) is 2.01. The van der Waals surface area contributed by atoms with Crippen LogP contribution in [0, 0.1) is 0 Å². The second-order valence-corrected chi connectivity index (χ2v) is 4.03. The summed E-state index contributed by atoms with van der Waals surface area (Å²) < 4.78 is 0. The molecule has 1 rings (SSSR count). The molecule has 0 aliphatic carbocycles. The van der Waals surface area contributed by atoms with E-state index in [4.69, 9.17) is 5.73 Å². The Morgan fingerprint density at radius 2 is 2.07 bits per heavy atom. The van der Waals surface area contributed by atoms with Crippen LogP contribution in [-0.2, 0) is 0 Å². The molecule has 5 heteroatoms. The number of carbonyl (C=O) groups is 1. The second-order valence-electron chi connectivity index (χ2n) is 4.03. The molecule has 0 saturated carbocycles. The van der Waals surface area contributed by atoms with Crippen molar-refractivity contribution in [3.8, 4) is 0 Å². The van der Waals surface area contributed by atoms with Gasteiger partial charge >= 0.3 is 0 Å². The number of amides is 1. The highest BCUT2D eigenvalue weighted by Crippen LogP contribution is 2.02. The molecule has 5 nitrogen and oxygen atoms in total. The number of hydrogen-bond acceptors (Lipinski definition) is 4. The fourth-order valence-corrected chi connectivity index (χ4v) is 0.895. The lowest BCUT2D eigenvalue weighted by Crippen LogP contribution is -2.41. The molecule has 1 amide bonds. The molecule has 0 unspecified atom stereocenters. The van der Waals surface area contributed by atoms with Crippen molar-refractivity contribution in [1.82, 2.24) is 15.3 Å². The molecule has 0 aromatic carbocycles. The zero-order valence-electron chi connectivity index (χ0n) is 8.53. The summed E-state index contributed by atoms with van der Waals surface area (Å²) in [5.41, 5.74) is 5.35. The van der Waals surface area contributed by atoms with Gasteiger partial charge in [-0.05, 0) is 20.8 Å². The monoisotopic (exact) mass is 194 g/mol. The first-order valence-corrected chi connectivity index (χ1v) is 4.28. The Bertz CT molecular complexity index is 343. The van der Waals surface area contributed by atoms with Crippen LogP contribution in [0.2, 0.25) is 0 Å². The van der Waals surface area contributed by atoms with Crippen molar-refractivity contribution in [1.29, 1.82) is 0 Å². The van der Waals surface area contributed by atoms with Gasteiger partial charge in [0.2, 0.25) is 0 Å². The highest BCUT2D eigenvalue weighted by molar-refractivity contribution is 5.92. The number of nitrogen functional groups attached to an aromatic ring is 1. The number of rotatable bonds is 1. The maximum atomic E-state index is 11.5. The van der Waals surface area contributed by atoms with Crippen molar-refractivity contribution in [2.24, 2.45) is 0 Å². The lowest BCUT2D eigenvalue weighted by atomic mass is 10.1. The first-order valence-electron chi connectivity index (χ1n) is 4.28. The van der Waals surface area contributed by atoms with Gasteiger partial charge in [-0.15, -0.1) is 0 Å². The predicted molar refractivity (Wildman–Crippen MR) is 53.7 cm³/mol. The van der Waals surface area contributed by atoms with E-state index in [1.807, 2.05) is 20.8 Å². The Balaban J connectivity index is 2.80. The van der Waals surface area contributed by atoms with Crippen molar-refractivity contribution in [2.75, 3.05) is 5.73 Å². The third-order valence-electron chi connectivity index (χ3n) is 1.37. The third kappa shape index (κ3) is 3.01. The molecule has 0 saturated heterocycles. The number of carbonyl (C=O) groups excluding carboxylic acids is 1. The van der Waals surface area contributed by atoms with Gasteiger partial charge in [0.25, 0.3) is 5.91 Å². The Hall–Kier alpha value is -1.65. The van der Waals surface area contributed by atoms with Crippen LogP contribution in [0.3, 0.4) is 0 Å². The predicted octanol–water partition coefficient (Wildman–Crippen LogP) is 0.587. The molecular formula is C9H14N4O. The smallest absolute Gasteiger partial charge is 0.271 e. The molecule has 1 aromatic heterocycles. The summed E-state index contributed by atoms with van der Waals surface area (Å²) in [6, 6.07) is 0. The van der Waals surface area contributed by atoms with Crippen LogP contribution in [0.25, 0.3) is 0 Å². The fourth-order valence-electron chi connectivity index (χ4n) is 0.895. The Labute approximate surface area is 82.7 Å². The summed E-state index contributed by atoms with van der Waals surface area (Å²) in [4.78, 5) is 19.2. The van der Waals surface area contributed by atoms with Gasteiger partial charge in [-0.3, -0.25) is 9.78 Å². The molecule has 0 radical (unpaired) electrons. The van der Waals surface area contributed by atoms with Crippen molar-refractivity contribution < 1.29 is 4.79 Å². The number of anilines is 1. The lowest BCUT2D eigenvalue weighted by Gasteiger charge is -2.19. The van der Waals surface area contributed by atoms with Gasteiger partial charge in [0.05, 0.1) is 12.4 Å². The number of aromatic nitrogens is 2. The Kier molecular flexibility index (Phi) is 2.69. The van der Waals surface area contributed by atoms with Crippen LogP contribution in [-0.4, -0.2) is 21.4 Å². The molecule has 0 fully saturated rings. The van der Waals surface area contributed by atoms with Gasteiger partial charge < -0.3 is 11.1 Å². The minimum absolute atomic E-state index is 0.236. The molecular weight excluding hydrogens is 180 g/mol. The number of nitrogens with one attached hydrogen (secondary N) is 1. The summed E-state index contributed by atoms with van der Waals surface area (Å²) in [5.74, 6) is -0.0242. The normalized spacial score (nSPS) is 11.1. The molecule has 3 N–H and O–H groups in total. The summed E-state index contributed by atoms with van der Waals surface area (Å²) in [6.07, 6.45) is 2.78. The molecule has 0 bridgehead atoms. The Morgan fingerprint density at radius 3 is 2.57 bits per heavy atom. The van der Waals surface area contributed by atoms with Gasteiger partial charge in [0.1, 0.15) is 11.5 Å². The van der Waals surface area contributed by atoms with E-state index >= 15 is 0 Å². The highest BCUT2D eigenvalue weighted by Gasteiger charge is 2.16. The maximum absolute atomic E-state index is 11.5. The van der Waals surface area contributed by atoms with Gasteiger partial charge in [-0.2, -0.15) is 0 Å². The molecule has 14 heavy (non-hydrogen) atoms. The average molecular weight is 194 g/mol. The van der Waals surface area contributed by atoms with E-state index in [9.17, 15) is 4.79 Å². The van der Waals surface area contributed by atoms with E-state index in [-0.39, 0.29) is 23.0 Å². The molecule has 0 atom stereocenters. The third-order valence-corrected chi connectivity index (χ3v) is 1.37. The zero-order valence-corrected chi connectivity index (χ0v) is 8.53. The van der Waals surface area contributed by atoms with Crippen molar-refractivity contribution >= 4 is 11.7 Å². The topological polar surface area (TPSA) is 80.9 Å². The second kappa shape index (κ2) is 3.61. The van der Waals surface area contributed by atoms with E-state index in [2.05, 4.69) is 15.3 Å². The molecule has 0 spiro atoms.